The lowest BCUT2D eigenvalue weighted by Crippen LogP contribution is -2.14. The molecule has 3 nitrogen and oxygen atoms in total. The van der Waals surface area contributed by atoms with Crippen LogP contribution in [0.4, 0.5) is 5.69 Å². The van der Waals surface area contributed by atoms with Gasteiger partial charge in [0.15, 0.2) is 0 Å². The van der Waals surface area contributed by atoms with E-state index in [9.17, 15) is 0 Å². The van der Waals surface area contributed by atoms with Gasteiger partial charge in [-0.1, -0.05) is 0 Å². The number of aryl methyl sites for hydroxylation is 1. The van der Waals surface area contributed by atoms with Crippen LogP contribution in [0.3, 0.4) is 0 Å². The molecule has 1 saturated heterocycles. The van der Waals surface area contributed by atoms with Crippen LogP contribution < -0.4 is 5.32 Å². The molecule has 17 heavy (non-hydrogen) atoms. The number of nitrogens with one attached hydrogen (secondary N) is 1. The van der Waals surface area contributed by atoms with Gasteiger partial charge in [0.2, 0.25) is 0 Å². The Bertz CT molecular complexity index is 378. The van der Waals surface area contributed by atoms with E-state index in [1.807, 2.05) is 0 Å². The molecule has 0 radical (unpaired) electrons. The molecule has 0 aromatic carbocycles. The van der Waals surface area contributed by atoms with Crippen LogP contribution in [0.5, 0.6) is 0 Å². The zero-order chi connectivity index (χ0) is 12.4. The van der Waals surface area contributed by atoms with Gasteiger partial charge in [-0.2, -0.15) is 16.9 Å². The minimum absolute atomic E-state index is 0.436. The van der Waals surface area contributed by atoms with Gasteiger partial charge < -0.3 is 5.32 Å². The third-order valence-electron chi connectivity index (χ3n) is 3.41. The first-order chi connectivity index (χ1) is 8.09. The van der Waals surface area contributed by atoms with Gasteiger partial charge in [-0.25, -0.2) is 0 Å². The van der Waals surface area contributed by atoms with Crippen molar-refractivity contribution in [1.29, 1.82) is 0 Å². The van der Waals surface area contributed by atoms with Crippen LogP contribution in [0, 0.1) is 19.8 Å². The fourth-order valence-corrected chi connectivity index (χ4v) is 3.70. The van der Waals surface area contributed by atoms with E-state index in [1.165, 1.54) is 29.3 Å². The summed E-state index contributed by atoms with van der Waals surface area (Å²) in [4.78, 5) is 0. The third kappa shape index (κ3) is 2.79. The average molecular weight is 253 g/mol. The highest BCUT2D eigenvalue weighted by Gasteiger charge is 2.18. The molecule has 96 valence electrons. The number of rotatable bonds is 4. The summed E-state index contributed by atoms with van der Waals surface area (Å²) in [5.74, 6) is 3.47. The van der Waals surface area contributed by atoms with E-state index in [2.05, 4.69) is 54.6 Å². The predicted octanol–water partition coefficient (Wildman–Crippen LogP) is 3.25. The molecule has 0 amide bonds. The lowest BCUT2D eigenvalue weighted by atomic mass is 10.1. The predicted molar refractivity (Wildman–Crippen MR) is 76.0 cm³/mol. The zero-order valence-corrected chi connectivity index (χ0v) is 12.1. The number of aromatic nitrogens is 2. The van der Waals surface area contributed by atoms with Gasteiger partial charge in [-0.05, 0) is 51.5 Å². The summed E-state index contributed by atoms with van der Waals surface area (Å²) in [5, 5.41) is 8.21. The van der Waals surface area contributed by atoms with Gasteiger partial charge in [0, 0.05) is 12.6 Å². The van der Waals surface area contributed by atoms with Crippen molar-refractivity contribution in [3.05, 3.63) is 11.4 Å². The Morgan fingerprint density at radius 2 is 2.24 bits per heavy atom. The molecule has 1 unspecified atom stereocenters. The van der Waals surface area contributed by atoms with Crippen molar-refractivity contribution in [1.82, 2.24) is 9.78 Å². The first kappa shape index (κ1) is 12.8. The number of hydrogen-bond donors (Lipinski definition) is 1. The number of thioether (sulfide) groups is 1. The highest BCUT2D eigenvalue weighted by molar-refractivity contribution is 7.99. The summed E-state index contributed by atoms with van der Waals surface area (Å²) < 4.78 is 2.11. The van der Waals surface area contributed by atoms with Gasteiger partial charge in [-0.15, -0.1) is 0 Å². The summed E-state index contributed by atoms with van der Waals surface area (Å²) in [5.41, 5.74) is 3.64. The van der Waals surface area contributed by atoms with Crippen molar-refractivity contribution in [2.24, 2.45) is 5.92 Å². The fraction of sp³-hybridized carbons (Fsp3) is 0.769. The van der Waals surface area contributed by atoms with Crippen molar-refractivity contribution >= 4 is 17.4 Å². The van der Waals surface area contributed by atoms with Crippen molar-refractivity contribution in [2.45, 2.75) is 40.2 Å². The van der Waals surface area contributed by atoms with E-state index in [0.29, 0.717) is 6.04 Å². The molecular weight excluding hydrogens is 230 g/mol. The van der Waals surface area contributed by atoms with Crippen LogP contribution in [-0.2, 0) is 0 Å². The van der Waals surface area contributed by atoms with Crippen molar-refractivity contribution in [2.75, 3.05) is 23.4 Å². The van der Waals surface area contributed by atoms with Gasteiger partial charge in [-0.3, -0.25) is 4.68 Å². The number of anilines is 1. The topological polar surface area (TPSA) is 29.9 Å². The highest BCUT2D eigenvalue weighted by Crippen LogP contribution is 2.26. The fourth-order valence-electron chi connectivity index (χ4n) is 2.41. The van der Waals surface area contributed by atoms with Gasteiger partial charge >= 0.3 is 0 Å². The lowest BCUT2D eigenvalue weighted by molar-refractivity contribution is 0.516. The summed E-state index contributed by atoms with van der Waals surface area (Å²) in [6.07, 6.45) is 1.36. The molecule has 2 heterocycles. The van der Waals surface area contributed by atoms with Crippen molar-refractivity contribution < 1.29 is 0 Å². The van der Waals surface area contributed by atoms with Gasteiger partial charge in [0.1, 0.15) is 0 Å². The minimum atomic E-state index is 0.436. The second-order valence-corrected chi connectivity index (χ2v) is 6.34. The minimum Gasteiger partial charge on any atom is -0.382 e. The molecule has 2 rings (SSSR count). The molecule has 0 aliphatic carbocycles. The normalized spacial score (nSPS) is 20.2. The van der Waals surface area contributed by atoms with E-state index in [0.717, 1.165) is 18.2 Å². The van der Waals surface area contributed by atoms with E-state index in [1.54, 1.807) is 0 Å². The van der Waals surface area contributed by atoms with Crippen LogP contribution in [0.25, 0.3) is 0 Å². The van der Waals surface area contributed by atoms with E-state index >= 15 is 0 Å². The largest absolute Gasteiger partial charge is 0.382 e. The van der Waals surface area contributed by atoms with E-state index in [4.69, 9.17) is 0 Å². The summed E-state index contributed by atoms with van der Waals surface area (Å²) in [6, 6.07) is 0.436. The molecule has 0 saturated carbocycles. The van der Waals surface area contributed by atoms with Crippen LogP contribution in [0.2, 0.25) is 0 Å². The molecule has 1 atom stereocenters. The Morgan fingerprint density at radius 3 is 2.76 bits per heavy atom. The molecule has 1 fully saturated rings. The Labute approximate surface area is 108 Å². The molecule has 4 heteroatoms. The quantitative estimate of drug-likeness (QED) is 0.893. The molecule has 1 aliphatic heterocycles. The standard InChI is InChI=1S/C13H23N3S/c1-9(2)16-11(4)13(10(3)15-16)14-7-12-5-6-17-8-12/h9,12,14H,5-8H2,1-4H3. The Balaban J connectivity index is 2.04. The van der Waals surface area contributed by atoms with Crippen LogP contribution >= 0.6 is 11.8 Å². The van der Waals surface area contributed by atoms with Crippen LogP contribution in [-0.4, -0.2) is 27.8 Å². The molecule has 1 aromatic heterocycles. The van der Waals surface area contributed by atoms with Gasteiger partial charge in [0.05, 0.1) is 17.1 Å². The Kier molecular flexibility index (Phi) is 4.02. The molecular formula is C13H23N3S. The first-order valence-electron chi connectivity index (χ1n) is 6.47. The summed E-state index contributed by atoms with van der Waals surface area (Å²) >= 11 is 2.07. The van der Waals surface area contributed by atoms with E-state index < -0.39 is 0 Å². The maximum atomic E-state index is 4.60. The summed E-state index contributed by atoms with van der Waals surface area (Å²) in [7, 11) is 0. The number of nitrogens with zero attached hydrogens (tertiary/aromatic N) is 2. The first-order valence-corrected chi connectivity index (χ1v) is 7.62. The second kappa shape index (κ2) is 5.34. The third-order valence-corrected chi connectivity index (χ3v) is 4.64. The van der Waals surface area contributed by atoms with Gasteiger partial charge in [0.25, 0.3) is 0 Å². The smallest absolute Gasteiger partial charge is 0.0828 e. The Morgan fingerprint density at radius 1 is 1.47 bits per heavy atom. The maximum absolute atomic E-state index is 4.60. The monoisotopic (exact) mass is 253 g/mol. The Hall–Kier alpha value is -0.640. The lowest BCUT2D eigenvalue weighted by Gasteiger charge is -2.12. The second-order valence-electron chi connectivity index (χ2n) is 5.19. The zero-order valence-electron chi connectivity index (χ0n) is 11.3. The molecule has 1 aromatic rings. The summed E-state index contributed by atoms with van der Waals surface area (Å²) in [6.45, 7) is 9.70. The van der Waals surface area contributed by atoms with Crippen LogP contribution in [0.1, 0.15) is 37.7 Å². The highest BCUT2D eigenvalue weighted by atomic mass is 32.2. The van der Waals surface area contributed by atoms with Crippen molar-refractivity contribution in [3.8, 4) is 0 Å². The molecule has 1 aliphatic rings. The average Bonchev–Trinajstić information content (AvgIpc) is 2.86. The van der Waals surface area contributed by atoms with Crippen LogP contribution in [0.15, 0.2) is 0 Å². The number of hydrogen-bond acceptors (Lipinski definition) is 3. The van der Waals surface area contributed by atoms with Crippen molar-refractivity contribution in [3.63, 3.8) is 0 Å². The molecule has 0 spiro atoms. The SMILES string of the molecule is Cc1nn(C(C)C)c(C)c1NCC1CCSC1. The molecule has 0 bridgehead atoms. The maximum Gasteiger partial charge on any atom is 0.0828 e. The molecule has 1 N–H and O–H groups in total. The van der Waals surface area contributed by atoms with E-state index in [-0.39, 0.29) is 0 Å².